The molecule has 0 aromatic heterocycles. The Bertz CT molecular complexity index is 277. The molecule has 0 atom stereocenters. The smallest absolute Gasteiger partial charge is 0.303 e. The van der Waals surface area contributed by atoms with E-state index in [0.717, 1.165) is 11.3 Å². The van der Waals surface area contributed by atoms with Gasteiger partial charge in [0.15, 0.2) is 0 Å². The number of aromatic hydroxyl groups is 1. The van der Waals surface area contributed by atoms with Crippen LogP contribution in [0.15, 0.2) is 24.3 Å². The maximum absolute atomic E-state index is 10.3. The first kappa shape index (κ1) is 9.58. The lowest BCUT2D eigenvalue weighted by molar-refractivity contribution is -0.136. The van der Waals surface area contributed by atoms with Crippen molar-refractivity contribution in [3.63, 3.8) is 0 Å². The van der Waals surface area contributed by atoms with Crippen LogP contribution in [0.3, 0.4) is 0 Å². The number of rotatable bonds is 4. The highest BCUT2D eigenvalue weighted by Gasteiger charge is 1.99. The van der Waals surface area contributed by atoms with E-state index in [2.05, 4.69) is 11.8 Å². The molecule has 1 aromatic carbocycles. The highest BCUT2D eigenvalue weighted by Crippen LogP contribution is 2.13. The number of benzene rings is 1. The molecular formula is C10H12O3. The number of hydrogen-bond acceptors (Lipinski definition) is 1. The fourth-order valence-electron chi connectivity index (χ4n) is 1.02. The Balaban J connectivity index is 2.54. The molecule has 0 unspecified atom stereocenters. The maximum atomic E-state index is 10.3. The summed E-state index contributed by atoms with van der Waals surface area (Å²) >= 11 is 0. The van der Waals surface area contributed by atoms with Crippen molar-refractivity contribution in [2.45, 2.75) is 12.8 Å². The molecule has 0 aliphatic rings. The number of carboxylic acids is 1. The summed E-state index contributed by atoms with van der Waals surface area (Å²) in [6.45, 7) is 0. The van der Waals surface area contributed by atoms with Gasteiger partial charge >= 0.3 is 5.97 Å². The molecule has 3 heteroatoms. The van der Waals surface area contributed by atoms with Crippen LogP contribution in [0.4, 0.5) is 0 Å². The fraction of sp³-hybridized carbons (Fsp3) is 0.200. The number of carboxylic acid groups (broad SMARTS) is 1. The second kappa shape index (κ2) is 4.50. The van der Waals surface area contributed by atoms with Crippen LogP contribution in [0.5, 0.6) is 5.75 Å². The van der Waals surface area contributed by atoms with Crippen LogP contribution in [0.25, 0.3) is 0 Å². The predicted molar refractivity (Wildman–Crippen MR) is 49.4 cm³/mol. The summed E-state index contributed by atoms with van der Waals surface area (Å²) in [5.41, 5.74) is 1.01. The average Bonchev–Trinajstić information content (AvgIpc) is 2.15. The van der Waals surface area contributed by atoms with Crippen molar-refractivity contribution in [1.29, 1.82) is 0 Å². The van der Waals surface area contributed by atoms with Crippen molar-refractivity contribution in [3.8, 4) is 5.75 Å². The Kier molecular flexibility index (Phi) is 3.31. The molecule has 0 aliphatic heterocycles. The van der Waals surface area contributed by atoms with Gasteiger partial charge in [-0.25, -0.2) is 0 Å². The average molecular weight is 180 g/mol. The van der Waals surface area contributed by atoms with E-state index in [0.29, 0.717) is 6.42 Å². The molecule has 0 saturated heterocycles. The number of carbonyl (C=O) groups is 1. The minimum Gasteiger partial charge on any atom is -0.722 e. The lowest BCUT2D eigenvalue weighted by Gasteiger charge is -2.03. The van der Waals surface area contributed by atoms with Gasteiger partial charge in [0, 0.05) is 18.6 Å². The zero-order chi connectivity index (χ0) is 9.68. The normalized spacial score (nSPS) is 9.62. The van der Waals surface area contributed by atoms with Gasteiger partial charge in [-0.3, -0.25) is 4.79 Å². The number of aliphatic hydroxyl groups is 1. The zero-order valence-electron chi connectivity index (χ0n) is 7.23. The fourth-order valence-corrected chi connectivity index (χ4v) is 1.02. The van der Waals surface area contributed by atoms with Gasteiger partial charge in [-0.05, 0) is 19.1 Å². The van der Waals surface area contributed by atoms with Crippen LogP contribution in [0.1, 0.15) is 12.0 Å². The zero-order valence-corrected chi connectivity index (χ0v) is 7.23. The molecule has 0 amide bonds. The molecule has 0 fully saturated rings. The summed E-state index contributed by atoms with van der Waals surface area (Å²) in [5.74, 6) is 0.0324. The van der Waals surface area contributed by atoms with Crippen molar-refractivity contribution in [3.05, 3.63) is 36.9 Å². The molecule has 13 heavy (non-hydrogen) atoms. The van der Waals surface area contributed by atoms with Gasteiger partial charge < -0.3 is 9.84 Å². The van der Waals surface area contributed by atoms with Gasteiger partial charge in [-0.15, -0.1) is 0 Å². The third-order valence-corrected chi connectivity index (χ3v) is 1.75. The van der Waals surface area contributed by atoms with E-state index < -0.39 is 5.97 Å². The second-order valence-corrected chi connectivity index (χ2v) is 2.72. The first-order chi connectivity index (χ1) is 6.22. The number of hydrogen-bond donors (Lipinski definition) is 1. The Labute approximate surface area is 77.0 Å². The molecule has 3 nitrogen and oxygen atoms in total. The van der Waals surface area contributed by atoms with E-state index in [-0.39, 0.29) is 6.42 Å². The third-order valence-electron chi connectivity index (χ3n) is 1.75. The van der Waals surface area contributed by atoms with Crippen molar-refractivity contribution < 1.29 is 14.6 Å². The number of ether oxygens (including phenoxy) is 1. The molecule has 0 spiro atoms. The number of aliphatic carboxylic acids is 1. The van der Waals surface area contributed by atoms with Crippen LogP contribution >= 0.6 is 0 Å². The van der Waals surface area contributed by atoms with E-state index in [1.165, 1.54) is 0 Å². The van der Waals surface area contributed by atoms with E-state index in [4.69, 9.17) is 5.11 Å². The van der Waals surface area contributed by atoms with E-state index >= 15 is 0 Å². The van der Waals surface area contributed by atoms with E-state index in [1.54, 1.807) is 0 Å². The third kappa shape index (κ3) is 3.15. The van der Waals surface area contributed by atoms with Crippen molar-refractivity contribution in [1.82, 2.24) is 0 Å². The quantitative estimate of drug-likeness (QED) is 0.566. The lowest BCUT2D eigenvalue weighted by Crippen LogP contribution is -1.96. The van der Waals surface area contributed by atoms with Crippen molar-refractivity contribution >= 4 is 5.97 Å². The molecule has 0 aliphatic carbocycles. The largest absolute Gasteiger partial charge is 0.722 e. The second-order valence-electron chi connectivity index (χ2n) is 2.72. The summed E-state index contributed by atoms with van der Waals surface area (Å²) in [4.78, 5) is 10.3. The molecule has 2 N–H and O–H groups in total. The topological polar surface area (TPSA) is 50.1 Å². The predicted octanol–water partition coefficient (Wildman–Crippen LogP) is 1.74. The van der Waals surface area contributed by atoms with Crippen LogP contribution in [0.2, 0.25) is 0 Å². The van der Waals surface area contributed by atoms with E-state index in [9.17, 15) is 4.79 Å². The van der Waals surface area contributed by atoms with Crippen LogP contribution in [-0.2, 0) is 11.2 Å². The monoisotopic (exact) mass is 180 g/mol. The van der Waals surface area contributed by atoms with Gasteiger partial charge in [0.25, 0.3) is 0 Å². The summed E-state index contributed by atoms with van der Waals surface area (Å²) in [5, 5.41) is 8.45. The summed E-state index contributed by atoms with van der Waals surface area (Å²) in [7, 11) is 3.39. The minimum atomic E-state index is -0.772. The van der Waals surface area contributed by atoms with Gasteiger partial charge in [0.05, 0.1) is 0 Å². The Morgan fingerprint density at radius 2 is 2.00 bits per heavy atom. The van der Waals surface area contributed by atoms with Gasteiger partial charge in [0.2, 0.25) is 5.75 Å². The highest BCUT2D eigenvalue weighted by atomic mass is 16.5. The first-order valence-electron chi connectivity index (χ1n) is 4.00. The number of aryl methyl sites for hydroxylation is 1. The van der Waals surface area contributed by atoms with Crippen LogP contribution in [-0.4, -0.2) is 15.8 Å². The Morgan fingerprint density at radius 3 is 2.46 bits per heavy atom. The standard InChI is InChI=1S/C10H12O3/c1-13-9-5-2-8(3-6-9)4-7-10(11)12/h2-3,5-6,13H,1,4,7H2,(H,11,12). The van der Waals surface area contributed by atoms with Crippen molar-refractivity contribution in [2.24, 2.45) is 0 Å². The molecule has 70 valence electrons. The SMILES string of the molecule is [CH2-][OH+]c1ccc(CCC(=O)O)cc1. The molecule has 0 heterocycles. The van der Waals surface area contributed by atoms with E-state index in [1.807, 2.05) is 24.3 Å². The van der Waals surface area contributed by atoms with Gasteiger partial charge in [-0.2, -0.15) is 0 Å². The first-order valence-corrected chi connectivity index (χ1v) is 4.00. The van der Waals surface area contributed by atoms with Crippen LogP contribution in [0, 0.1) is 7.11 Å². The molecule has 0 saturated carbocycles. The van der Waals surface area contributed by atoms with Gasteiger partial charge in [0.1, 0.15) is 0 Å². The lowest BCUT2D eigenvalue weighted by atomic mass is 10.1. The van der Waals surface area contributed by atoms with Crippen molar-refractivity contribution in [2.75, 3.05) is 0 Å². The minimum absolute atomic E-state index is 0.168. The van der Waals surface area contributed by atoms with Crippen LogP contribution < -0.4 is 0 Å². The molecule has 1 rings (SSSR count). The molecular weight excluding hydrogens is 168 g/mol. The maximum Gasteiger partial charge on any atom is 0.303 e. The Hall–Kier alpha value is -1.51. The summed E-state index contributed by atoms with van der Waals surface area (Å²) in [6.07, 6.45) is 0.730. The highest BCUT2D eigenvalue weighted by molar-refractivity contribution is 5.67. The Morgan fingerprint density at radius 1 is 1.38 bits per heavy atom. The van der Waals surface area contributed by atoms with Gasteiger partial charge in [-0.1, -0.05) is 12.1 Å². The summed E-state index contributed by atoms with van der Waals surface area (Å²) in [6, 6.07) is 7.38. The summed E-state index contributed by atoms with van der Waals surface area (Å²) < 4.78 is 3.74. The molecule has 0 bridgehead atoms. The molecule has 1 aromatic rings. The molecule has 0 radical (unpaired) electrons.